The Kier molecular flexibility index (Phi) is 8.11. The van der Waals surface area contributed by atoms with Gasteiger partial charge in [-0.1, -0.05) is 24.7 Å². The number of nitrogens with zero attached hydrogens (tertiary/aromatic N) is 2. The maximum atomic E-state index is 9.87. The fourth-order valence-electron chi connectivity index (χ4n) is 5.38. The summed E-state index contributed by atoms with van der Waals surface area (Å²) in [6.07, 6.45) is 11.2. The minimum atomic E-state index is -0.941. The molecule has 0 radical (unpaired) electrons. The molecule has 1 atom stereocenters. The number of aliphatic hydroxyl groups is 1. The van der Waals surface area contributed by atoms with Crippen LogP contribution in [0.2, 0.25) is 0 Å². The van der Waals surface area contributed by atoms with Crippen LogP contribution in [0.5, 0.6) is 0 Å². The van der Waals surface area contributed by atoms with Gasteiger partial charge >= 0.3 is 0 Å². The molecule has 3 heterocycles. The second-order valence-electron chi connectivity index (χ2n) is 10.3. The summed E-state index contributed by atoms with van der Waals surface area (Å²) in [5, 5.41) is 9.87. The van der Waals surface area contributed by atoms with Crippen LogP contribution < -0.4 is 0 Å². The lowest BCUT2D eigenvalue weighted by Gasteiger charge is -2.38. The van der Waals surface area contributed by atoms with E-state index in [4.69, 9.17) is 4.74 Å². The van der Waals surface area contributed by atoms with E-state index in [2.05, 4.69) is 33.8 Å². The van der Waals surface area contributed by atoms with Crippen LogP contribution in [0.4, 0.5) is 0 Å². The molecule has 0 amide bonds. The standard InChI is InChI=1S/C26H40N2O2S/c1-26(2,29)14-11-24-9-10-25(31-24)20-27(19-23-8-5-17-30-23)18-21-12-15-28(16-13-21)22-6-3-4-7-22/h9-10,21-23,29H,3-8,12-13,15-20H2,1-2H3. The van der Waals surface area contributed by atoms with E-state index in [1.165, 1.54) is 75.9 Å². The van der Waals surface area contributed by atoms with E-state index < -0.39 is 5.60 Å². The second kappa shape index (κ2) is 10.8. The maximum absolute atomic E-state index is 9.87. The Bertz CT molecular complexity index is 739. The van der Waals surface area contributed by atoms with Crippen molar-refractivity contribution in [1.82, 2.24) is 9.80 Å². The highest BCUT2D eigenvalue weighted by Crippen LogP contribution is 2.29. The Morgan fingerprint density at radius 1 is 1.10 bits per heavy atom. The van der Waals surface area contributed by atoms with E-state index in [9.17, 15) is 5.11 Å². The van der Waals surface area contributed by atoms with Crippen molar-refractivity contribution in [2.24, 2.45) is 5.92 Å². The molecule has 1 aromatic heterocycles. The summed E-state index contributed by atoms with van der Waals surface area (Å²) in [7, 11) is 0. The number of ether oxygens (including phenoxy) is 1. The average Bonchev–Trinajstić information content (AvgIpc) is 3.50. The molecule has 1 aromatic rings. The molecule has 0 spiro atoms. The summed E-state index contributed by atoms with van der Waals surface area (Å²) >= 11 is 1.76. The molecule has 2 saturated heterocycles. The Hall–Kier alpha value is -0.900. The summed E-state index contributed by atoms with van der Waals surface area (Å²) in [5.41, 5.74) is -0.941. The molecular weight excluding hydrogens is 404 g/mol. The van der Waals surface area contributed by atoms with Crippen molar-refractivity contribution in [3.05, 3.63) is 21.9 Å². The third-order valence-electron chi connectivity index (χ3n) is 7.03. The monoisotopic (exact) mass is 444 g/mol. The zero-order chi connectivity index (χ0) is 21.7. The van der Waals surface area contributed by atoms with Gasteiger partial charge in [-0.25, -0.2) is 0 Å². The molecule has 2 aliphatic heterocycles. The number of likely N-dealkylation sites (tertiary alicyclic amines) is 1. The SMILES string of the molecule is CC(C)(O)C#Cc1ccc(CN(CC2CCN(C3CCCC3)CC2)CC2CCCO2)s1. The van der Waals surface area contributed by atoms with Crippen molar-refractivity contribution in [3.8, 4) is 11.8 Å². The summed E-state index contributed by atoms with van der Waals surface area (Å²) in [6, 6.07) is 5.19. The Morgan fingerprint density at radius 2 is 1.87 bits per heavy atom. The highest BCUT2D eigenvalue weighted by Gasteiger charge is 2.29. The number of thiophene rings is 1. The molecule has 1 N–H and O–H groups in total. The minimum absolute atomic E-state index is 0.396. The molecule has 5 heteroatoms. The number of hydrogen-bond acceptors (Lipinski definition) is 5. The smallest absolute Gasteiger partial charge is 0.120 e. The van der Waals surface area contributed by atoms with Gasteiger partial charge in [0.1, 0.15) is 5.60 Å². The van der Waals surface area contributed by atoms with E-state index in [0.717, 1.165) is 36.5 Å². The van der Waals surface area contributed by atoms with Crippen molar-refractivity contribution in [2.75, 3.05) is 32.8 Å². The van der Waals surface area contributed by atoms with E-state index in [1.807, 2.05) is 0 Å². The van der Waals surface area contributed by atoms with Crippen LogP contribution in [0.25, 0.3) is 0 Å². The van der Waals surface area contributed by atoms with E-state index in [-0.39, 0.29) is 0 Å². The minimum Gasteiger partial charge on any atom is -0.378 e. The zero-order valence-corrected chi connectivity index (χ0v) is 20.3. The molecular formula is C26H40N2O2S. The van der Waals surface area contributed by atoms with Crippen molar-refractivity contribution >= 4 is 11.3 Å². The van der Waals surface area contributed by atoms with Crippen molar-refractivity contribution < 1.29 is 9.84 Å². The molecule has 4 rings (SSSR count). The van der Waals surface area contributed by atoms with E-state index >= 15 is 0 Å². The first-order chi connectivity index (χ1) is 14.9. The lowest BCUT2D eigenvalue weighted by atomic mass is 9.94. The lowest BCUT2D eigenvalue weighted by molar-refractivity contribution is 0.0544. The topological polar surface area (TPSA) is 35.9 Å². The predicted molar refractivity (Wildman–Crippen MR) is 128 cm³/mol. The maximum Gasteiger partial charge on any atom is 0.120 e. The van der Waals surface area contributed by atoms with Gasteiger partial charge in [0, 0.05) is 37.2 Å². The number of piperidine rings is 1. The van der Waals surface area contributed by atoms with Crippen LogP contribution in [-0.2, 0) is 11.3 Å². The first-order valence-corrected chi connectivity index (χ1v) is 13.2. The van der Waals surface area contributed by atoms with Gasteiger partial charge in [0.15, 0.2) is 0 Å². The van der Waals surface area contributed by atoms with Gasteiger partial charge in [-0.3, -0.25) is 4.90 Å². The predicted octanol–water partition coefficient (Wildman–Crippen LogP) is 4.51. The summed E-state index contributed by atoms with van der Waals surface area (Å²) in [4.78, 5) is 7.83. The highest BCUT2D eigenvalue weighted by atomic mass is 32.1. The van der Waals surface area contributed by atoms with Gasteiger partial charge in [-0.05, 0) is 83.5 Å². The van der Waals surface area contributed by atoms with Gasteiger partial charge < -0.3 is 14.7 Å². The Labute approximate surface area is 193 Å². The van der Waals surface area contributed by atoms with E-state index in [0.29, 0.717) is 6.10 Å². The molecule has 0 bridgehead atoms. The third kappa shape index (κ3) is 7.30. The van der Waals surface area contributed by atoms with Crippen molar-refractivity contribution in [1.29, 1.82) is 0 Å². The third-order valence-corrected chi connectivity index (χ3v) is 8.01. The van der Waals surface area contributed by atoms with Gasteiger partial charge in [0.25, 0.3) is 0 Å². The zero-order valence-electron chi connectivity index (χ0n) is 19.4. The summed E-state index contributed by atoms with van der Waals surface area (Å²) in [5.74, 6) is 6.87. The number of rotatable bonds is 7. The van der Waals surface area contributed by atoms with Crippen LogP contribution in [-0.4, -0.2) is 65.4 Å². The highest BCUT2D eigenvalue weighted by molar-refractivity contribution is 7.12. The van der Waals surface area contributed by atoms with Crippen LogP contribution in [0.15, 0.2) is 12.1 Å². The summed E-state index contributed by atoms with van der Waals surface area (Å²) < 4.78 is 5.98. The van der Waals surface area contributed by atoms with Crippen LogP contribution in [0.1, 0.15) is 75.0 Å². The first kappa shape index (κ1) is 23.3. The fourth-order valence-corrected chi connectivity index (χ4v) is 6.28. The molecule has 1 unspecified atom stereocenters. The van der Waals surface area contributed by atoms with Gasteiger partial charge in [0.05, 0.1) is 11.0 Å². The Balaban J connectivity index is 1.33. The Morgan fingerprint density at radius 3 is 2.55 bits per heavy atom. The van der Waals surface area contributed by atoms with Crippen molar-refractivity contribution in [2.45, 2.75) is 89.5 Å². The molecule has 1 aliphatic carbocycles. The molecule has 172 valence electrons. The van der Waals surface area contributed by atoms with Gasteiger partial charge in [-0.15, -0.1) is 11.3 Å². The fraction of sp³-hybridized carbons (Fsp3) is 0.769. The molecule has 1 saturated carbocycles. The van der Waals surface area contributed by atoms with Gasteiger partial charge in [0.2, 0.25) is 0 Å². The lowest BCUT2D eigenvalue weighted by Crippen LogP contribution is -2.43. The van der Waals surface area contributed by atoms with E-state index in [1.54, 1.807) is 25.2 Å². The molecule has 4 nitrogen and oxygen atoms in total. The second-order valence-corrected chi connectivity index (χ2v) is 11.5. The molecule has 3 aliphatic rings. The molecule has 3 fully saturated rings. The van der Waals surface area contributed by atoms with Gasteiger partial charge in [-0.2, -0.15) is 0 Å². The average molecular weight is 445 g/mol. The molecule has 31 heavy (non-hydrogen) atoms. The van der Waals surface area contributed by atoms with Crippen LogP contribution >= 0.6 is 11.3 Å². The summed E-state index contributed by atoms with van der Waals surface area (Å²) in [6.45, 7) is 10.2. The number of hydrogen-bond donors (Lipinski definition) is 1. The van der Waals surface area contributed by atoms with Crippen LogP contribution in [0, 0.1) is 17.8 Å². The largest absolute Gasteiger partial charge is 0.378 e. The normalized spacial score (nSPS) is 24.1. The van der Waals surface area contributed by atoms with Crippen LogP contribution in [0.3, 0.4) is 0 Å². The van der Waals surface area contributed by atoms with Crippen molar-refractivity contribution in [3.63, 3.8) is 0 Å². The quantitative estimate of drug-likeness (QED) is 0.628. The first-order valence-electron chi connectivity index (χ1n) is 12.4. The molecule has 0 aromatic carbocycles.